The number of rotatable bonds is 1. The number of nitrogens with one attached hydrogen (secondary N) is 1. The molecule has 0 aliphatic rings. The molecule has 0 radical (unpaired) electrons. The first kappa shape index (κ1) is 9.98. The standard InChI is InChI=1S/C7H8ClN.CH2O/c1-9-7-5-3-2-4-6(7)8;1-2/h2-5,9H,1H3;1H2. The highest BCUT2D eigenvalue weighted by atomic mass is 35.5. The first-order valence-electron chi connectivity index (χ1n) is 3.06. The van der Waals surface area contributed by atoms with Gasteiger partial charge in [-0.1, -0.05) is 23.7 Å². The largest absolute Gasteiger partial charge is 0.387 e. The average molecular weight is 172 g/mol. The molecule has 1 aromatic rings. The number of carbonyl (C=O) groups excluding carboxylic acids is 1. The Morgan fingerprint density at radius 1 is 1.36 bits per heavy atom. The molecule has 60 valence electrons. The van der Waals surface area contributed by atoms with E-state index in [1.54, 1.807) is 0 Å². The summed E-state index contributed by atoms with van der Waals surface area (Å²) in [5, 5.41) is 3.73. The molecule has 0 saturated heterocycles. The van der Waals surface area contributed by atoms with E-state index < -0.39 is 0 Å². The van der Waals surface area contributed by atoms with Crippen molar-refractivity contribution in [1.82, 2.24) is 0 Å². The van der Waals surface area contributed by atoms with E-state index >= 15 is 0 Å². The summed E-state index contributed by atoms with van der Waals surface area (Å²) in [6, 6.07) is 7.64. The summed E-state index contributed by atoms with van der Waals surface area (Å²) in [7, 11) is 1.85. The van der Waals surface area contributed by atoms with Crippen LogP contribution in [0.15, 0.2) is 24.3 Å². The minimum atomic E-state index is 0.764. The maximum atomic E-state index is 8.00. The van der Waals surface area contributed by atoms with Crippen LogP contribution in [0.2, 0.25) is 5.02 Å². The molecule has 0 bridgehead atoms. The Morgan fingerprint density at radius 2 is 1.91 bits per heavy atom. The van der Waals surface area contributed by atoms with Crippen molar-refractivity contribution in [2.24, 2.45) is 0 Å². The molecule has 3 heteroatoms. The van der Waals surface area contributed by atoms with E-state index in [2.05, 4.69) is 5.32 Å². The third kappa shape index (κ3) is 3.05. The van der Waals surface area contributed by atoms with Gasteiger partial charge in [-0.2, -0.15) is 0 Å². The smallest absolute Gasteiger partial charge is 0.106 e. The van der Waals surface area contributed by atoms with Crippen molar-refractivity contribution in [3.8, 4) is 0 Å². The fraction of sp³-hybridized carbons (Fsp3) is 0.125. The Bertz CT molecular complexity index is 215. The summed E-state index contributed by atoms with van der Waals surface area (Å²) in [4.78, 5) is 8.00. The van der Waals surface area contributed by atoms with E-state index in [-0.39, 0.29) is 0 Å². The molecule has 0 aromatic heterocycles. The van der Waals surface area contributed by atoms with E-state index in [0.29, 0.717) is 0 Å². The predicted molar refractivity (Wildman–Crippen MR) is 48.1 cm³/mol. The Kier molecular flexibility index (Phi) is 5.21. The van der Waals surface area contributed by atoms with Crippen molar-refractivity contribution in [3.05, 3.63) is 29.3 Å². The van der Waals surface area contributed by atoms with Gasteiger partial charge in [0.15, 0.2) is 0 Å². The average Bonchev–Trinajstić information content (AvgIpc) is 2.09. The van der Waals surface area contributed by atoms with E-state index in [1.165, 1.54) is 0 Å². The van der Waals surface area contributed by atoms with Gasteiger partial charge in [-0.05, 0) is 12.1 Å². The fourth-order valence-electron chi connectivity index (χ4n) is 0.664. The first-order chi connectivity index (χ1) is 5.34. The van der Waals surface area contributed by atoms with Crippen LogP contribution in [-0.2, 0) is 4.79 Å². The molecule has 0 unspecified atom stereocenters. The number of hydrogen-bond donors (Lipinski definition) is 1. The molecular weight excluding hydrogens is 162 g/mol. The Morgan fingerprint density at radius 3 is 2.27 bits per heavy atom. The van der Waals surface area contributed by atoms with Crippen LogP contribution in [0.1, 0.15) is 0 Å². The summed E-state index contributed by atoms with van der Waals surface area (Å²) >= 11 is 5.76. The Balaban J connectivity index is 0.000000461. The van der Waals surface area contributed by atoms with Gasteiger partial charge in [-0.25, -0.2) is 0 Å². The van der Waals surface area contributed by atoms with Gasteiger partial charge in [0, 0.05) is 7.05 Å². The predicted octanol–water partition coefficient (Wildman–Crippen LogP) is 2.20. The lowest BCUT2D eigenvalue weighted by atomic mass is 10.3. The van der Waals surface area contributed by atoms with E-state index in [1.807, 2.05) is 38.1 Å². The summed E-state index contributed by atoms with van der Waals surface area (Å²) in [5.41, 5.74) is 0.971. The van der Waals surface area contributed by atoms with Crippen LogP contribution < -0.4 is 5.32 Å². The Labute approximate surface area is 71.2 Å². The van der Waals surface area contributed by atoms with Crippen LogP contribution >= 0.6 is 11.6 Å². The zero-order valence-corrected chi connectivity index (χ0v) is 7.06. The lowest BCUT2D eigenvalue weighted by Crippen LogP contribution is -1.86. The third-order valence-electron chi connectivity index (χ3n) is 1.14. The number of carbonyl (C=O) groups is 1. The molecule has 0 spiro atoms. The van der Waals surface area contributed by atoms with Crippen LogP contribution in [0, 0.1) is 0 Å². The number of halogens is 1. The van der Waals surface area contributed by atoms with Crippen molar-refractivity contribution in [2.75, 3.05) is 12.4 Å². The summed E-state index contributed by atoms with van der Waals surface area (Å²) < 4.78 is 0. The second kappa shape index (κ2) is 5.74. The molecule has 1 aromatic carbocycles. The topological polar surface area (TPSA) is 29.1 Å². The zero-order valence-electron chi connectivity index (χ0n) is 6.30. The molecule has 0 amide bonds. The monoisotopic (exact) mass is 171 g/mol. The number of anilines is 1. The Hall–Kier alpha value is -1.02. The first-order valence-corrected chi connectivity index (χ1v) is 3.43. The molecule has 2 nitrogen and oxygen atoms in total. The van der Waals surface area contributed by atoms with Gasteiger partial charge < -0.3 is 10.1 Å². The quantitative estimate of drug-likeness (QED) is 0.702. The van der Waals surface area contributed by atoms with Crippen LogP contribution in [0.3, 0.4) is 0 Å². The van der Waals surface area contributed by atoms with Gasteiger partial charge in [0.05, 0.1) is 10.7 Å². The molecule has 0 heterocycles. The second-order valence-corrected chi connectivity index (χ2v) is 2.14. The SMILES string of the molecule is C=O.CNc1ccccc1Cl. The van der Waals surface area contributed by atoms with Gasteiger partial charge in [0.2, 0.25) is 0 Å². The van der Waals surface area contributed by atoms with Crippen LogP contribution in [-0.4, -0.2) is 13.8 Å². The molecule has 1 rings (SSSR count). The number of hydrogen-bond acceptors (Lipinski definition) is 2. The van der Waals surface area contributed by atoms with Gasteiger partial charge in [-0.15, -0.1) is 0 Å². The highest BCUT2D eigenvalue weighted by Crippen LogP contribution is 2.18. The fourth-order valence-corrected chi connectivity index (χ4v) is 0.894. The maximum absolute atomic E-state index is 8.00. The second-order valence-electron chi connectivity index (χ2n) is 1.73. The molecule has 0 aliphatic heterocycles. The molecule has 0 aliphatic carbocycles. The van der Waals surface area contributed by atoms with Crippen LogP contribution in [0.4, 0.5) is 5.69 Å². The zero-order chi connectivity index (χ0) is 8.69. The van der Waals surface area contributed by atoms with Gasteiger partial charge in [-0.3, -0.25) is 0 Å². The number of benzene rings is 1. The van der Waals surface area contributed by atoms with Crippen molar-refractivity contribution in [3.63, 3.8) is 0 Å². The molecule has 11 heavy (non-hydrogen) atoms. The van der Waals surface area contributed by atoms with Crippen molar-refractivity contribution in [1.29, 1.82) is 0 Å². The van der Waals surface area contributed by atoms with Gasteiger partial charge in [0.25, 0.3) is 0 Å². The lowest BCUT2D eigenvalue weighted by molar-refractivity contribution is -0.0979. The van der Waals surface area contributed by atoms with E-state index in [0.717, 1.165) is 10.7 Å². The molecule has 0 atom stereocenters. The maximum Gasteiger partial charge on any atom is 0.106 e. The summed E-state index contributed by atoms with van der Waals surface area (Å²) in [6.45, 7) is 2.00. The highest BCUT2D eigenvalue weighted by Gasteiger charge is 1.91. The third-order valence-corrected chi connectivity index (χ3v) is 1.47. The van der Waals surface area contributed by atoms with Crippen LogP contribution in [0.5, 0.6) is 0 Å². The van der Waals surface area contributed by atoms with Crippen molar-refractivity contribution in [2.45, 2.75) is 0 Å². The van der Waals surface area contributed by atoms with Gasteiger partial charge in [0.1, 0.15) is 6.79 Å². The van der Waals surface area contributed by atoms with Crippen LogP contribution in [0.25, 0.3) is 0 Å². The molecule has 0 saturated carbocycles. The van der Waals surface area contributed by atoms with Crippen molar-refractivity contribution >= 4 is 24.1 Å². The van der Waals surface area contributed by atoms with E-state index in [4.69, 9.17) is 16.4 Å². The minimum absolute atomic E-state index is 0.764. The minimum Gasteiger partial charge on any atom is -0.387 e. The van der Waals surface area contributed by atoms with Gasteiger partial charge >= 0.3 is 0 Å². The van der Waals surface area contributed by atoms with Crippen molar-refractivity contribution < 1.29 is 4.79 Å². The summed E-state index contributed by atoms with van der Waals surface area (Å²) in [5.74, 6) is 0. The molecule has 0 fully saturated rings. The molecular formula is C8H10ClNO. The lowest BCUT2D eigenvalue weighted by Gasteiger charge is -1.99. The highest BCUT2D eigenvalue weighted by molar-refractivity contribution is 6.33. The van der Waals surface area contributed by atoms with E-state index in [9.17, 15) is 0 Å². The normalized spacial score (nSPS) is 7.82. The molecule has 1 N–H and O–H groups in total. The summed E-state index contributed by atoms with van der Waals surface area (Å²) in [6.07, 6.45) is 0. The number of para-hydroxylation sites is 1.